The average Bonchev–Trinajstić information content (AvgIpc) is 2.97. The number of ether oxygens (including phenoxy) is 1. The molecule has 0 saturated heterocycles. The summed E-state index contributed by atoms with van der Waals surface area (Å²) in [5, 5.41) is 1.93. The van der Waals surface area contributed by atoms with Gasteiger partial charge in [0.15, 0.2) is 0 Å². The molecule has 122 valence electrons. The van der Waals surface area contributed by atoms with E-state index < -0.39 is 0 Å². The Bertz CT molecular complexity index is 972. The number of aryl methyl sites for hydroxylation is 2. The highest BCUT2D eigenvalue weighted by atomic mass is 35.5. The van der Waals surface area contributed by atoms with Crippen molar-refractivity contribution >= 4 is 34.2 Å². The van der Waals surface area contributed by atoms with E-state index in [2.05, 4.69) is 6.07 Å². The Morgan fingerprint density at radius 3 is 2.42 bits per heavy atom. The number of hydrogen-bond donors (Lipinski definition) is 0. The lowest BCUT2D eigenvalue weighted by atomic mass is 10.0. The van der Waals surface area contributed by atoms with Gasteiger partial charge in [-0.15, -0.1) is 0 Å². The fourth-order valence-electron chi connectivity index (χ4n) is 3.19. The minimum absolute atomic E-state index is 0.248. The third kappa shape index (κ3) is 3.02. The number of hydrogen-bond acceptors (Lipinski definition) is 3. The fourth-order valence-corrected chi connectivity index (χ4v) is 3.69. The van der Waals surface area contributed by atoms with Gasteiger partial charge in [0.25, 0.3) is 0 Å². The SMILES string of the molecule is O=c1cc(COc2cc(Cl)cc(Cl)c2)c2cc3c(cc2o1)CCC3. The minimum Gasteiger partial charge on any atom is -0.489 e. The van der Waals surface area contributed by atoms with Gasteiger partial charge in [0.2, 0.25) is 0 Å². The van der Waals surface area contributed by atoms with Gasteiger partial charge in [-0.05, 0) is 60.7 Å². The van der Waals surface area contributed by atoms with Crippen LogP contribution in [0, 0.1) is 0 Å². The Balaban J connectivity index is 1.72. The van der Waals surface area contributed by atoms with E-state index in [9.17, 15) is 4.79 Å². The molecule has 0 spiro atoms. The Morgan fingerprint density at radius 2 is 1.67 bits per heavy atom. The van der Waals surface area contributed by atoms with E-state index in [0.29, 0.717) is 21.4 Å². The van der Waals surface area contributed by atoms with Crippen molar-refractivity contribution in [1.82, 2.24) is 0 Å². The molecule has 1 aliphatic rings. The molecule has 0 unspecified atom stereocenters. The van der Waals surface area contributed by atoms with Crippen molar-refractivity contribution < 1.29 is 9.15 Å². The molecule has 0 fully saturated rings. The molecule has 24 heavy (non-hydrogen) atoms. The van der Waals surface area contributed by atoms with Crippen LogP contribution in [0.25, 0.3) is 11.0 Å². The summed E-state index contributed by atoms with van der Waals surface area (Å²) in [5.41, 5.74) is 3.63. The Morgan fingerprint density at radius 1 is 0.958 bits per heavy atom. The first-order chi connectivity index (χ1) is 11.6. The van der Waals surface area contributed by atoms with Crippen LogP contribution in [0.3, 0.4) is 0 Å². The second kappa shape index (κ2) is 6.15. The maximum absolute atomic E-state index is 11.9. The molecule has 0 amide bonds. The molecule has 0 aliphatic heterocycles. The van der Waals surface area contributed by atoms with Gasteiger partial charge < -0.3 is 9.15 Å². The van der Waals surface area contributed by atoms with Crippen molar-refractivity contribution in [3.8, 4) is 5.75 Å². The summed E-state index contributed by atoms with van der Waals surface area (Å²) < 4.78 is 11.2. The topological polar surface area (TPSA) is 39.4 Å². The summed E-state index contributed by atoms with van der Waals surface area (Å²) in [6, 6.07) is 10.6. The largest absolute Gasteiger partial charge is 0.489 e. The zero-order valence-electron chi connectivity index (χ0n) is 12.8. The van der Waals surface area contributed by atoms with E-state index in [1.165, 1.54) is 17.2 Å². The second-order valence-corrected chi connectivity index (χ2v) is 6.83. The average molecular weight is 361 g/mol. The second-order valence-electron chi connectivity index (χ2n) is 5.96. The predicted molar refractivity (Wildman–Crippen MR) is 95.3 cm³/mol. The van der Waals surface area contributed by atoms with Gasteiger partial charge in [0.1, 0.15) is 17.9 Å². The normalized spacial score (nSPS) is 13.2. The lowest BCUT2D eigenvalue weighted by molar-refractivity contribution is 0.306. The van der Waals surface area contributed by atoms with Crippen molar-refractivity contribution in [2.75, 3.05) is 0 Å². The Labute approximate surface area is 148 Å². The molecule has 0 N–H and O–H groups in total. The molecule has 5 heteroatoms. The molecule has 1 heterocycles. The Kier molecular flexibility index (Phi) is 3.99. The maximum Gasteiger partial charge on any atom is 0.336 e. The summed E-state index contributed by atoms with van der Waals surface area (Å²) in [7, 11) is 0. The molecular formula is C19H14Cl2O3. The zero-order chi connectivity index (χ0) is 16.7. The van der Waals surface area contributed by atoms with E-state index >= 15 is 0 Å². The van der Waals surface area contributed by atoms with E-state index in [-0.39, 0.29) is 12.2 Å². The molecule has 3 nitrogen and oxygen atoms in total. The van der Waals surface area contributed by atoms with Gasteiger partial charge in [-0.3, -0.25) is 0 Å². The highest BCUT2D eigenvalue weighted by Crippen LogP contribution is 2.30. The first-order valence-corrected chi connectivity index (χ1v) is 8.51. The summed E-state index contributed by atoms with van der Waals surface area (Å²) in [6.07, 6.45) is 3.24. The third-order valence-electron chi connectivity index (χ3n) is 4.27. The summed E-state index contributed by atoms with van der Waals surface area (Å²) in [5.74, 6) is 0.565. The molecule has 1 aromatic heterocycles. The third-order valence-corrected chi connectivity index (χ3v) is 4.71. The highest BCUT2D eigenvalue weighted by Gasteiger charge is 2.15. The van der Waals surface area contributed by atoms with Crippen LogP contribution in [0.5, 0.6) is 5.75 Å². The number of fused-ring (bicyclic) bond motifs is 2. The molecule has 0 radical (unpaired) electrons. The standard InChI is InChI=1S/C19H14Cl2O3/c20-14-7-15(21)9-16(8-14)23-10-13-6-19(22)24-18-5-12-3-1-2-11(12)4-17(13)18/h4-9H,1-3,10H2. The van der Waals surface area contributed by atoms with Crippen molar-refractivity contribution in [1.29, 1.82) is 0 Å². The number of benzene rings is 2. The van der Waals surface area contributed by atoms with Crippen LogP contribution in [-0.4, -0.2) is 0 Å². The summed E-state index contributed by atoms with van der Waals surface area (Å²) >= 11 is 12.0. The monoisotopic (exact) mass is 360 g/mol. The quantitative estimate of drug-likeness (QED) is 0.605. The summed E-state index contributed by atoms with van der Waals surface area (Å²) in [4.78, 5) is 11.9. The maximum atomic E-state index is 11.9. The first-order valence-electron chi connectivity index (χ1n) is 7.76. The molecule has 1 aliphatic carbocycles. The molecule has 4 rings (SSSR count). The van der Waals surface area contributed by atoms with Gasteiger partial charge in [0.05, 0.1) is 0 Å². The van der Waals surface area contributed by atoms with Crippen LogP contribution in [0.15, 0.2) is 45.6 Å². The van der Waals surface area contributed by atoms with Crippen molar-refractivity contribution in [3.05, 3.63) is 73.6 Å². The number of rotatable bonds is 3. The van der Waals surface area contributed by atoms with E-state index in [1.807, 2.05) is 6.07 Å². The smallest absolute Gasteiger partial charge is 0.336 e. The van der Waals surface area contributed by atoms with Gasteiger partial charge in [-0.25, -0.2) is 4.79 Å². The zero-order valence-corrected chi connectivity index (χ0v) is 14.3. The predicted octanol–water partition coefficient (Wildman–Crippen LogP) is 5.17. The van der Waals surface area contributed by atoms with Crippen molar-refractivity contribution in [3.63, 3.8) is 0 Å². The minimum atomic E-state index is -0.372. The van der Waals surface area contributed by atoms with Gasteiger partial charge in [0, 0.05) is 27.1 Å². The first kappa shape index (κ1) is 15.6. The van der Waals surface area contributed by atoms with Crippen LogP contribution in [-0.2, 0) is 19.4 Å². The van der Waals surface area contributed by atoms with Gasteiger partial charge in [-0.2, -0.15) is 0 Å². The molecular weight excluding hydrogens is 347 g/mol. The van der Waals surface area contributed by atoms with Crippen LogP contribution < -0.4 is 10.4 Å². The summed E-state index contributed by atoms with van der Waals surface area (Å²) in [6.45, 7) is 0.248. The molecule has 3 aromatic rings. The van der Waals surface area contributed by atoms with Crippen LogP contribution in [0.1, 0.15) is 23.1 Å². The molecule has 0 bridgehead atoms. The number of halogens is 2. The van der Waals surface area contributed by atoms with E-state index in [4.69, 9.17) is 32.4 Å². The molecule has 0 atom stereocenters. The van der Waals surface area contributed by atoms with E-state index in [1.54, 1.807) is 18.2 Å². The molecule has 2 aromatic carbocycles. The Hall–Kier alpha value is -1.97. The molecule has 0 saturated carbocycles. The fraction of sp³-hybridized carbons (Fsp3) is 0.211. The van der Waals surface area contributed by atoms with Gasteiger partial charge in [-0.1, -0.05) is 23.2 Å². The van der Waals surface area contributed by atoms with Crippen LogP contribution in [0.4, 0.5) is 0 Å². The lowest BCUT2D eigenvalue weighted by Crippen LogP contribution is -2.04. The lowest BCUT2D eigenvalue weighted by Gasteiger charge is -2.10. The van der Waals surface area contributed by atoms with Crippen molar-refractivity contribution in [2.24, 2.45) is 0 Å². The van der Waals surface area contributed by atoms with Crippen LogP contribution in [0.2, 0.25) is 10.0 Å². The van der Waals surface area contributed by atoms with Crippen LogP contribution >= 0.6 is 23.2 Å². The van der Waals surface area contributed by atoms with Gasteiger partial charge >= 0.3 is 5.63 Å². The van der Waals surface area contributed by atoms with E-state index in [0.717, 1.165) is 30.2 Å². The highest BCUT2D eigenvalue weighted by molar-refractivity contribution is 6.34. The van der Waals surface area contributed by atoms with Crippen molar-refractivity contribution in [2.45, 2.75) is 25.9 Å².